The van der Waals surface area contributed by atoms with Crippen molar-refractivity contribution in [3.63, 3.8) is 0 Å². The summed E-state index contributed by atoms with van der Waals surface area (Å²) in [4.78, 5) is 4.21. The average Bonchev–Trinajstić information content (AvgIpc) is 3.01. The zero-order valence-electron chi connectivity index (χ0n) is 9.46. The van der Waals surface area contributed by atoms with Crippen molar-refractivity contribution >= 4 is 11.4 Å². The minimum atomic E-state index is 0.573. The molecule has 3 nitrogen and oxygen atoms in total. The predicted octanol–water partition coefficient (Wildman–Crippen LogP) is 2.72. The Kier molecular flexibility index (Phi) is 3.09. The molecule has 1 atom stereocenters. The molecule has 3 heteroatoms. The second-order valence-corrected chi connectivity index (χ2v) is 4.26. The van der Waals surface area contributed by atoms with Crippen molar-refractivity contribution in [2.75, 3.05) is 17.2 Å². The van der Waals surface area contributed by atoms with E-state index in [2.05, 4.69) is 35.5 Å². The molecule has 0 aliphatic heterocycles. The topological polar surface area (TPSA) is 37.0 Å². The van der Waals surface area contributed by atoms with E-state index in [9.17, 15) is 0 Å². The van der Waals surface area contributed by atoms with Gasteiger partial charge in [0, 0.05) is 12.6 Å². The lowest BCUT2D eigenvalue weighted by Gasteiger charge is -2.14. The lowest BCUT2D eigenvalue weighted by Crippen LogP contribution is -2.17. The highest BCUT2D eigenvalue weighted by Crippen LogP contribution is 2.34. The van der Waals surface area contributed by atoms with Crippen LogP contribution in [0.25, 0.3) is 0 Å². The van der Waals surface area contributed by atoms with Crippen LogP contribution in [0.15, 0.2) is 18.5 Å². The van der Waals surface area contributed by atoms with Gasteiger partial charge in [0.2, 0.25) is 0 Å². The maximum Gasteiger partial charge on any atom is 0.0549 e. The average molecular weight is 205 g/mol. The van der Waals surface area contributed by atoms with E-state index in [1.165, 1.54) is 12.8 Å². The Morgan fingerprint density at radius 3 is 2.80 bits per heavy atom. The van der Waals surface area contributed by atoms with Gasteiger partial charge in [-0.2, -0.15) is 0 Å². The molecular formula is C12H19N3. The zero-order valence-corrected chi connectivity index (χ0v) is 9.46. The first kappa shape index (κ1) is 10.3. The normalized spacial score (nSPS) is 17.2. The number of rotatable bonds is 5. The van der Waals surface area contributed by atoms with Crippen molar-refractivity contribution in [2.45, 2.75) is 32.7 Å². The molecule has 1 heterocycles. The van der Waals surface area contributed by atoms with Crippen LogP contribution in [0.5, 0.6) is 0 Å². The van der Waals surface area contributed by atoms with Gasteiger partial charge in [0.05, 0.1) is 23.8 Å². The van der Waals surface area contributed by atoms with Crippen LogP contribution in [0.4, 0.5) is 11.4 Å². The Labute approximate surface area is 91.3 Å². The van der Waals surface area contributed by atoms with Crippen LogP contribution in [-0.2, 0) is 0 Å². The largest absolute Gasteiger partial charge is 0.384 e. The fraction of sp³-hybridized carbons (Fsp3) is 0.583. The molecule has 1 aliphatic rings. The van der Waals surface area contributed by atoms with Gasteiger partial charge in [0.15, 0.2) is 0 Å². The van der Waals surface area contributed by atoms with Gasteiger partial charge in [-0.05, 0) is 38.7 Å². The van der Waals surface area contributed by atoms with Gasteiger partial charge >= 0.3 is 0 Å². The fourth-order valence-electron chi connectivity index (χ4n) is 1.80. The molecule has 1 fully saturated rings. The van der Waals surface area contributed by atoms with Crippen molar-refractivity contribution in [1.82, 2.24) is 4.98 Å². The van der Waals surface area contributed by atoms with Gasteiger partial charge in [0.25, 0.3) is 0 Å². The number of anilines is 2. The van der Waals surface area contributed by atoms with E-state index in [0.29, 0.717) is 6.04 Å². The number of nitrogens with one attached hydrogen (secondary N) is 2. The summed E-state index contributed by atoms with van der Waals surface area (Å²) in [6, 6.07) is 2.69. The first-order valence-electron chi connectivity index (χ1n) is 5.75. The summed E-state index contributed by atoms with van der Waals surface area (Å²) in [5.74, 6) is 0.868. The van der Waals surface area contributed by atoms with Crippen molar-refractivity contribution in [3.8, 4) is 0 Å². The smallest absolute Gasteiger partial charge is 0.0549 e. The Morgan fingerprint density at radius 2 is 2.13 bits per heavy atom. The molecule has 2 N–H and O–H groups in total. The van der Waals surface area contributed by atoms with Gasteiger partial charge in [-0.1, -0.05) is 0 Å². The second-order valence-electron chi connectivity index (χ2n) is 4.26. The first-order chi connectivity index (χ1) is 7.29. The summed E-state index contributed by atoms with van der Waals surface area (Å²) >= 11 is 0. The lowest BCUT2D eigenvalue weighted by molar-refractivity contribution is 0.694. The van der Waals surface area contributed by atoms with Crippen molar-refractivity contribution < 1.29 is 0 Å². The minimum absolute atomic E-state index is 0.573. The summed E-state index contributed by atoms with van der Waals surface area (Å²) in [7, 11) is 0. The molecule has 1 aliphatic carbocycles. The van der Waals surface area contributed by atoms with E-state index in [1.54, 1.807) is 0 Å². The summed E-state index contributed by atoms with van der Waals surface area (Å²) in [6.45, 7) is 5.27. The summed E-state index contributed by atoms with van der Waals surface area (Å²) in [5, 5.41) is 6.76. The Bertz CT molecular complexity index is 320. The lowest BCUT2D eigenvalue weighted by atomic mass is 10.2. The molecule has 0 radical (unpaired) electrons. The highest BCUT2D eigenvalue weighted by molar-refractivity contribution is 5.54. The third kappa shape index (κ3) is 2.85. The van der Waals surface area contributed by atoms with Crippen LogP contribution < -0.4 is 10.6 Å². The molecule has 0 saturated heterocycles. The van der Waals surface area contributed by atoms with Crippen molar-refractivity contribution in [1.29, 1.82) is 0 Å². The van der Waals surface area contributed by atoms with E-state index >= 15 is 0 Å². The molecule has 1 saturated carbocycles. The monoisotopic (exact) mass is 205 g/mol. The van der Waals surface area contributed by atoms with Gasteiger partial charge in [0.1, 0.15) is 0 Å². The number of aromatic nitrogens is 1. The Balaban J connectivity index is 1.97. The van der Waals surface area contributed by atoms with Gasteiger partial charge in [-0.15, -0.1) is 0 Å². The molecular weight excluding hydrogens is 186 g/mol. The SMILES string of the molecule is CCNc1cncc(NC(C)C2CC2)c1. The van der Waals surface area contributed by atoms with Crippen molar-refractivity contribution in [3.05, 3.63) is 18.5 Å². The highest BCUT2D eigenvalue weighted by Gasteiger charge is 2.27. The Hall–Kier alpha value is -1.25. The number of pyridine rings is 1. The van der Waals surface area contributed by atoms with E-state index < -0.39 is 0 Å². The second kappa shape index (κ2) is 4.51. The fourth-order valence-corrected chi connectivity index (χ4v) is 1.80. The molecule has 0 aromatic carbocycles. The molecule has 0 bridgehead atoms. The van der Waals surface area contributed by atoms with E-state index in [1.807, 2.05) is 12.4 Å². The maximum atomic E-state index is 4.21. The summed E-state index contributed by atoms with van der Waals surface area (Å²) in [5.41, 5.74) is 2.21. The number of nitrogens with zero attached hydrogens (tertiary/aromatic N) is 1. The van der Waals surface area contributed by atoms with Gasteiger partial charge in [-0.25, -0.2) is 0 Å². The van der Waals surface area contributed by atoms with E-state index in [0.717, 1.165) is 23.8 Å². The molecule has 2 rings (SSSR count). The van der Waals surface area contributed by atoms with Crippen LogP contribution in [-0.4, -0.2) is 17.6 Å². The van der Waals surface area contributed by atoms with Gasteiger partial charge in [-0.3, -0.25) is 4.98 Å². The molecule has 1 aromatic heterocycles. The highest BCUT2D eigenvalue weighted by atomic mass is 15.0. The van der Waals surface area contributed by atoms with E-state index in [4.69, 9.17) is 0 Å². The van der Waals surface area contributed by atoms with Crippen LogP contribution in [0.2, 0.25) is 0 Å². The van der Waals surface area contributed by atoms with Gasteiger partial charge < -0.3 is 10.6 Å². The molecule has 82 valence electrons. The Morgan fingerprint density at radius 1 is 1.40 bits per heavy atom. The summed E-state index contributed by atoms with van der Waals surface area (Å²) in [6.07, 6.45) is 6.49. The van der Waals surface area contributed by atoms with Crippen LogP contribution in [0.3, 0.4) is 0 Å². The van der Waals surface area contributed by atoms with E-state index in [-0.39, 0.29) is 0 Å². The quantitative estimate of drug-likeness (QED) is 0.776. The molecule has 1 unspecified atom stereocenters. The van der Waals surface area contributed by atoms with Crippen molar-refractivity contribution in [2.24, 2.45) is 5.92 Å². The standard InChI is InChI=1S/C12H19N3/c1-3-14-11-6-12(8-13-7-11)15-9(2)10-4-5-10/h6-10,14-15H,3-5H2,1-2H3. The molecule has 15 heavy (non-hydrogen) atoms. The third-order valence-corrected chi connectivity index (χ3v) is 2.84. The number of hydrogen-bond acceptors (Lipinski definition) is 3. The minimum Gasteiger partial charge on any atom is -0.384 e. The third-order valence-electron chi connectivity index (χ3n) is 2.84. The van der Waals surface area contributed by atoms with Crippen LogP contribution in [0, 0.1) is 5.92 Å². The van der Waals surface area contributed by atoms with Crippen LogP contribution in [0.1, 0.15) is 26.7 Å². The van der Waals surface area contributed by atoms with Crippen LogP contribution >= 0.6 is 0 Å². The molecule has 0 spiro atoms. The molecule has 1 aromatic rings. The summed E-state index contributed by atoms with van der Waals surface area (Å²) < 4.78 is 0. The number of hydrogen-bond donors (Lipinski definition) is 2. The predicted molar refractivity (Wildman–Crippen MR) is 64.2 cm³/mol. The maximum absolute atomic E-state index is 4.21. The zero-order chi connectivity index (χ0) is 10.7. The first-order valence-corrected chi connectivity index (χ1v) is 5.75. The molecule has 0 amide bonds.